The second-order valence-corrected chi connectivity index (χ2v) is 5.27. The van der Waals surface area contributed by atoms with E-state index in [4.69, 9.17) is 10.3 Å². The predicted molar refractivity (Wildman–Crippen MR) is 72.9 cm³/mol. The minimum absolute atomic E-state index is 0.00722. The lowest BCUT2D eigenvalue weighted by molar-refractivity contribution is -0.122. The number of carbonyl (C=O) groups is 1. The van der Waals surface area contributed by atoms with E-state index in [1.54, 1.807) is 0 Å². The van der Waals surface area contributed by atoms with Gasteiger partial charge in [-0.25, -0.2) is 8.78 Å². The van der Waals surface area contributed by atoms with Gasteiger partial charge in [0.1, 0.15) is 0 Å². The summed E-state index contributed by atoms with van der Waals surface area (Å²) in [5.41, 5.74) is 4.87. The van der Waals surface area contributed by atoms with Crippen LogP contribution in [0.4, 0.5) is 8.78 Å². The van der Waals surface area contributed by atoms with Gasteiger partial charge in [0.2, 0.25) is 17.6 Å². The number of aryl methyl sites for hydroxylation is 1. The summed E-state index contributed by atoms with van der Waals surface area (Å²) in [6.07, 6.45) is 0.186. The van der Waals surface area contributed by atoms with Gasteiger partial charge in [0.05, 0.1) is 18.0 Å². The van der Waals surface area contributed by atoms with Gasteiger partial charge in [0.25, 0.3) is 5.92 Å². The Balaban J connectivity index is 1.79. The van der Waals surface area contributed by atoms with E-state index in [0.717, 1.165) is 4.88 Å². The van der Waals surface area contributed by atoms with Gasteiger partial charge in [-0.2, -0.15) is 4.98 Å². The molecule has 0 atom stereocenters. The molecule has 0 bridgehead atoms. The van der Waals surface area contributed by atoms with Gasteiger partial charge in [-0.1, -0.05) is 11.2 Å². The van der Waals surface area contributed by atoms with Crippen molar-refractivity contribution in [3.8, 4) is 10.7 Å². The molecular weight excluding hydrogens is 302 g/mol. The molecule has 0 radical (unpaired) electrons. The van der Waals surface area contributed by atoms with Gasteiger partial charge < -0.3 is 15.6 Å². The Hall–Kier alpha value is -1.87. The predicted octanol–water partition coefficient (Wildman–Crippen LogP) is 1.44. The third-order valence-electron chi connectivity index (χ3n) is 2.62. The lowest BCUT2D eigenvalue weighted by atomic mass is 10.2. The topological polar surface area (TPSA) is 94.0 Å². The number of halogens is 2. The van der Waals surface area contributed by atoms with Crippen LogP contribution in [0.3, 0.4) is 0 Å². The number of alkyl halides is 2. The highest BCUT2D eigenvalue weighted by Crippen LogP contribution is 2.21. The highest BCUT2D eigenvalue weighted by molar-refractivity contribution is 7.13. The Morgan fingerprint density at radius 1 is 1.52 bits per heavy atom. The standard InChI is InChI=1S/C12H14F2N4O2S/c13-12(14,6-15)7-16-9(19)3-4-10-17-11(18-20-10)8-2-1-5-21-8/h1-2,5H,3-4,6-7,15H2,(H,16,19). The van der Waals surface area contributed by atoms with Crippen molar-refractivity contribution in [1.29, 1.82) is 0 Å². The number of hydrogen-bond donors (Lipinski definition) is 2. The average Bonchev–Trinajstić information content (AvgIpc) is 3.13. The van der Waals surface area contributed by atoms with Crippen molar-refractivity contribution in [2.45, 2.75) is 18.8 Å². The molecule has 0 unspecified atom stereocenters. The van der Waals surface area contributed by atoms with Crippen molar-refractivity contribution in [3.05, 3.63) is 23.4 Å². The number of thiophene rings is 1. The van der Waals surface area contributed by atoms with Crippen LogP contribution in [0.2, 0.25) is 0 Å². The van der Waals surface area contributed by atoms with E-state index in [0.29, 0.717) is 11.7 Å². The molecule has 0 saturated heterocycles. The van der Waals surface area contributed by atoms with Gasteiger partial charge in [-0.15, -0.1) is 11.3 Å². The number of nitrogens with two attached hydrogens (primary N) is 1. The number of nitrogens with zero attached hydrogens (tertiary/aromatic N) is 2. The minimum Gasteiger partial charge on any atom is -0.350 e. The molecule has 1 amide bonds. The zero-order chi connectivity index (χ0) is 15.3. The highest BCUT2D eigenvalue weighted by Gasteiger charge is 2.27. The van der Waals surface area contributed by atoms with Crippen LogP contribution in [0, 0.1) is 0 Å². The number of hydrogen-bond acceptors (Lipinski definition) is 6. The van der Waals surface area contributed by atoms with Crippen molar-refractivity contribution >= 4 is 17.2 Å². The summed E-state index contributed by atoms with van der Waals surface area (Å²) in [5, 5.41) is 7.80. The number of amides is 1. The van der Waals surface area contributed by atoms with Crippen LogP contribution < -0.4 is 11.1 Å². The molecule has 0 saturated carbocycles. The maximum Gasteiger partial charge on any atom is 0.277 e. The van der Waals surface area contributed by atoms with Crippen LogP contribution in [-0.4, -0.2) is 35.1 Å². The molecule has 0 fully saturated rings. The summed E-state index contributed by atoms with van der Waals surface area (Å²) in [6, 6.07) is 3.71. The molecule has 114 valence electrons. The third kappa shape index (κ3) is 4.57. The molecule has 21 heavy (non-hydrogen) atoms. The van der Waals surface area contributed by atoms with Crippen molar-refractivity contribution in [1.82, 2.24) is 15.5 Å². The van der Waals surface area contributed by atoms with E-state index in [1.807, 2.05) is 17.5 Å². The molecule has 2 heterocycles. The fourth-order valence-electron chi connectivity index (χ4n) is 1.47. The number of nitrogens with one attached hydrogen (secondary N) is 1. The Morgan fingerprint density at radius 2 is 2.33 bits per heavy atom. The maximum atomic E-state index is 12.9. The Labute approximate surface area is 123 Å². The Bertz CT molecular complexity index is 586. The van der Waals surface area contributed by atoms with Crippen LogP contribution in [0.5, 0.6) is 0 Å². The minimum atomic E-state index is -3.09. The van der Waals surface area contributed by atoms with E-state index in [1.165, 1.54) is 11.3 Å². The largest absolute Gasteiger partial charge is 0.350 e. The van der Waals surface area contributed by atoms with Gasteiger partial charge >= 0.3 is 0 Å². The molecule has 2 aromatic rings. The molecular formula is C12H14F2N4O2S. The molecule has 2 rings (SSSR count). The summed E-state index contributed by atoms with van der Waals surface area (Å²) in [5.74, 6) is -2.86. The molecule has 0 spiro atoms. The molecule has 6 nitrogen and oxygen atoms in total. The summed E-state index contributed by atoms with van der Waals surface area (Å²) in [6.45, 7) is -1.58. The first kappa shape index (κ1) is 15.5. The SMILES string of the molecule is NCC(F)(F)CNC(=O)CCc1nc(-c2cccs2)no1. The van der Waals surface area contributed by atoms with E-state index in [-0.39, 0.29) is 12.8 Å². The number of aromatic nitrogens is 2. The summed E-state index contributed by atoms with van der Waals surface area (Å²) >= 11 is 1.47. The van der Waals surface area contributed by atoms with Crippen LogP contribution >= 0.6 is 11.3 Å². The van der Waals surface area contributed by atoms with Crippen LogP contribution in [0.15, 0.2) is 22.0 Å². The first-order valence-corrected chi connectivity index (χ1v) is 7.09. The zero-order valence-corrected chi connectivity index (χ0v) is 11.8. The zero-order valence-electron chi connectivity index (χ0n) is 11.0. The molecule has 9 heteroatoms. The summed E-state index contributed by atoms with van der Waals surface area (Å²) < 4.78 is 30.7. The van der Waals surface area contributed by atoms with Gasteiger partial charge in [-0.3, -0.25) is 4.79 Å². The van der Waals surface area contributed by atoms with E-state index >= 15 is 0 Å². The molecule has 0 aliphatic rings. The van der Waals surface area contributed by atoms with Crippen LogP contribution in [0.1, 0.15) is 12.3 Å². The lowest BCUT2D eigenvalue weighted by Crippen LogP contribution is -2.41. The molecule has 2 aromatic heterocycles. The highest BCUT2D eigenvalue weighted by atomic mass is 32.1. The van der Waals surface area contributed by atoms with Crippen molar-refractivity contribution in [3.63, 3.8) is 0 Å². The quantitative estimate of drug-likeness (QED) is 0.806. The van der Waals surface area contributed by atoms with Gasteiger partial charge in [0, 0.05) is 12.8 Å². The maximum absolute atomic E-state index is 12.9. The first-order chi connectivity index (χ1) is 10.00. The molecule has 0 aliphatic heterocycles. The third-order valence-corrected chi connectivity index (χ3v) is 3.48. The number of carbonyl (C=O) groups excluding carboxylic acids is 1. The van der Waals surface area contributed by atoms with Crippen LogP contribution in [-0.2, 0) is 11.2 Å². The summed E-state index contributed by atoms with van der Waals surface area (Å²) in [4.78, 5) is 16.4. The molecule has 3 N–H and O–H groups in total. The summed E-state index contributed by atoms with van der Waals surface area (Å²) in [7, 11) is 0. The van der Waals surface area contributed by atoms with E-state index in [9.17, 15) is 13.6 Å². The molecule has 0 aromatic carbocycles. The smallest absolute Gasteiger partial charge is 0.277 e. The fourth-order valence-corrected chi connectivity index (χ4v) is 2.12. The second kappa shape index (κ2) is 6.72. The normalized spacial score (nSPS) is 11.6. The Morgan fingerprint density at radius 3 is 3.00 bits per heavy atom. The number of rotatable bonds is 7. The van der Waals surface area contributed by atoms with Crippen molar-refractivity contribution in [2.75, 3.05) is 13.1 Å². The van der Waals surface area contributed by atoms with Crippen molar-refractivity contribution < 1.29 is 18.1 Å². The Kier molecular flexibility index (Phi) is 4.97. The van der Waals surface area contributed by atoms with E-state index < -0.39 is 24.9 Å². The monoisotopic (exact) mass is 316 g/mol. The average molecular weight is 316 g/mol. The molecule has 0 aliphatic carbocycles. The lowest BCUT2D eigenvalue weighted by Gasteiger charge is -2.14. The fraction of sp³-hybridized carbons (Fsp3) is 0.417. The van der Waals surface area contributed by atoms with E-state index in [2.05, 4.69) is 15.5 Å². The van der Waals surface area contributed by atoms with Crippen molar-refractivity contribution in [2.24, 2.45) is 5.73 Å². The van der Waals surface area contributed by atoms with Gasteiger partial charge in [0.15, 0.2) is 0 Å². The van der Waals surface area contributed by atoms with Gasteiger partial charge in [-0.05, 0) is 11.4 Å². The first-order valence-electron chi connectivity index (χ1n) is 6.21. The second-order valence-electron chi connectivity index (χ2n) is 4.33. The van der Waals surface area contributed by atoms with Crippen LogP contribution in [0.25, 0.3) is 10.7 Å².